The minimum atomic E-state index is 0.363. The van der Waals surface area contributed by atoms with Crippen molar-refractivity contribution in [3.63, 3.8) is 0 Å². The standard InChI is InChI=1S/C12H16N4O/c13-7-9-3-4-16-11(6-9)14-15-12(16)10-2-1-5-17-8-10/h3-4,6,10H,1-2,5,7-8,13H2. The van der Waals surface area contributed by atoms with Gasteiger partial charge in [0, 0.05) is 25.3 Å². The highest BCUT2D eigenvalue weighted by atomic mass is 16.5. The van der Waals surface area contributed by atoms with E-state index >= 15 is 0 Å². The molecule has 90 valence electrons. The van der Waals surface area contributed by atoms with E-state index in [4.69, 9.17) is 10.5 Å². The average molecular weight is 232 g/mol. The molecule has 0 radical (unpaired) electrons. The maximum absolute atomic E-state index is 5.61. The van der Waals surface area contributed by atoms with E-state index in [0.29, 0.717) is 12.5 Å². The molecule has 1 aliphatic rings. The topological polar surface area (TPSA) is 65.4 Å². The Labute approximate surface area is 99.6 Å². The van der Waals surface area contributed by atoms with Gasteiger partial charge in [0.2, 0.25) is 0 Å². The Balaban J connectivity index is 1.99. The van der Waals surface area contributed by atoms with Gasteiger partial charge in [0.15, 0.2) is 5.65 Å². The van der Waals surface area contributed by atoms with Gasteiger partial charge in [0.05, 0.1) is 6.61 Å². The number of fused-ring (bicyclic) bond motifs is 1. The molecular weight excluding hydrogens is 216 g/mol. The normalized spacial score (nSPS) is 20.9. The molecule has 5 heteroatoms. The first kappa shape index (κ1) is 10.7. The predicted octanol–water partition coefficient (Wildman–Crippen LogP) is 1.08. The van der Waals surface area contributed by atoms with Crippen molar-refractivity contribution in [3.8, 4) is 0 Å². The lowest BCUT2D eigenvalue weighted by molar-refractivity contribution is 0.0778. The molecule has 3 heterocycles. The van der Waals surface area contributed by atoms with Crippen LogP contribution in [0.5, 0.6) is 0 Å². The van der Waals surface area contributed by atoms with Crippen LogP contribution >= 0.6 is 0 Å². The Hall–Kier alpha value is -1.46. The highest BCUT2D eigenvalue weighted by molar-refractivity contribution is 5.41. The molecule has 1 fully saturated rings. The first-order valence-electron chi connectivity index (χ1n) is 6.00. The zero-order chi connectivity index (χ0) is 11.7. The van der Waals surface area contributed by atoms with Gasteiger partial charge in [0.25, 0.3) is 0 Å². The second-order valence-corrected chi connectivity index (χ2v) is 4.44. The van der Waals surface area contributed by atoms with Crippen LogP contribution < -0.4 is 5.73 Å². The maximum atomic E-state index is 5.61. The summed E-state index contributed by atoms with van der Waals surface area (Å²) in [5, 5.41) is 8.49. The highest BCUT2D eigenvalue weighted by Gasteiger charge is 2.21. The van der Waals surface area contributed by atoms with Crippen LogP contribution in [0.1, 0.15) is 30.1 Å². The zero-order valence-corrected chi connectivity index (χ0v) is 9.67. The number of aromatic nitrogens is 3. The lowest BCUT2D eigenvalue weighted by Gasteiger charge is -2.20. The first-order chi connectivity index (χ1) is 8.38. The van der Waals surface area contributed by atoms with Gasteiger partial charge in [0.1, 0.15) is 5.82 Å². The Kier molecular flexibility index (Phi) is 2.78. The summed E-state index contributed by atoms with van der Waals surface area (Å²) in [5.41, 5.74) is 7.56. The van der Waals surface area contributed by atoms with E-state index in [-0.39, 0.29) is 0 Å². The van der Waals surface area contributed by atoms with E-state index in [9.17, 15) is 0 Å². The molecule has 2 aromatic heterocycles. The molecule has 2 aromatic rings. The van der Waals surface area contributed by atoms with E-state index < -0.39 is 0 Å². The van der Waals surface area contributed by atoms with Crippen LogP contribution in [-0.4, -0.2) is 27.8 Å². The Morgan fingerprint density at radius 3 is 3.18 bits per heavy atom. The van der Waals surface area contributed by atoms with Gasteiger partial charge in [-0.1, -0.05) is 0 Å². The van der Waals surface area contributed by atoms with E-state index in [1.54, 1.807) is 0 Å². The molecule has 0 saturated carbocycles. The Morgan fingerprint density at radius 2 is 2.41 bits per heavy atom. The summed E-state index contributed by atoms with van der Waals surface area (Å²) in [7, 11) is 0. The third kappa shape index (κ3) is 1.92. The van der Waals surface area contributed by atoms with E-state index in [1.165, 1.54) is 0 Å². The lowest BCUT2D eigenvalue weighted by atomic mass is 10.0. The fourth-order valence-corrected chi connectivity index (χ4v) is 2.30. The summed E-state index contributed by atoms with van der Waals surface area (Å²) in [6.45, 7) is 2.15. The maximum Gasteiger partial charge on any atom is 0.161 e. The van der Waals surface area contributed by atoms with E-state index in [1.807, 2.05) is 22.7 Å². The number of nitrogens with zero attached hydrogens (tertiary/aromatic N) is 3. The fraction of sp³-hybridized carbons (Fsp3) is 0.500. The van der Waals surface area contributed by atoms with Crippen LogP contribution in [0.3, 0.4) is 0 Å². The SMILES string of the molecule is NCc1ccn2c(C3CCCOC3)nnc2c1. The molecule has 3 rings (SSSR count). The number of hydrogen-bond acceptors (Lipinski definition) is 4. The van der Waals surface area contributed by atoms with Crippen LogP contribution in [-0.2, 0) is 11.3 Å². The van der Waals surface area contributed by atoms with Gasteiger partial charge < -0.3 is 10.5 Å². The average Bonchev–Trinajstić information content (AvgIpc) is 2.82. The molecule has 1 saturated heterocycles. The van der Waals surface area contributed by atoms with E-state index in [0.717, 1.165) is 43.1 Å². The summed E-state index contributed by atoms with van der Waals surface area (Å²) in [6.07, 6.45) is 4.22. The number of pyridine rings is 1. The highest BCUT2D eigenvalue weighted by Crippen LogP contribution is 2.24. The van der Waals surface area contributed by atoms with Crippen LogP contribution in [0.15, 0.2) is 18.3 Å². The van der Waals surface area contributed by atoms with Crippen LogP contribution in [0.2, 0.25) is 0 Å². The van der Waals surface area contributed by atoms with Crippen molar-refractivity contribution < 1.29 is 4.74 Å². The third-order valence-corrected chi connectivity index (χ3v) is 3.26. The molecule has 5 nitrogen and oxygen atoms in total. The molecule has 0 amide bonds. The number of ether oxygens (including phenoxy) is 1. The second kappa shape index (κ2) is 4.43. The summed E-state index contributed by atoms with van der Waals surface area (Å²) in [6, 6.07) is 4.00. The van der Waals surface area contributed by atoms with Gasteiger partial charge in [-0.2, -0.15) is 0 Å². The lowest BCUT2D eigenvalue weighted by Crippen LogP contribution is -2.17. The molecule has 0 bridgehead atoms. The molecule has 0 spiro atoms. The molecule has 0 aliphatic carbocycles. The monoisotopic (exact) mass is 232 g/mol. The molecule has 1 aliphatic heterocycles. The molecule has 0 aromatic carbocycles. The van der Waals surface area contributed by atoms with Gasteiger partial charge >= 0.3 is 0 Å². The Morgan fingerprint density at radius 1 is 1.47 bits per heavy atom. The van der Waals surface area contributed by atoms with Crippen LogP contribution in [0.25, 0.3) is 5.65 Å². The van der Waals surface area contributed by atoms with Crippen molar-refractivity contribution in [1.29, 1.82) is 0 Å². The van der Waals surface area contributed by atoms with Gasteiger partial charge in [-0.15, -0.1) is 10.2 Å². The van der Waals surface area contributed by atoms with Crippen molar-refractivity contribution in [1.82, 2.24) is 14.6 Å². The smallest absolute Gasteiger partial charge is 0.161 e. The van der Waals surface area contributed by atoms with Crippen LogP contribution in [0.4, 0.5) is 0 Å². The summed E-state index contributed by atoms with van der Waals surface area (Å²) >= 11 is 0. The predicted molar refractivity (Wildman–Crippen MR) is 63.7 cm³/mol. The molecular formula is C12H16N4O. The van der Waals surface area contributed by atoms with Crippen molar-refractivity contribution in [2.75, 3.05) is 13.2 Å². The summed E-state index contributed by atoms with van der Waals surface area (Å²) in [4.78, 5) is 0. The second-order valence-electron chi connectivity index (χ2n) is 4.44. The number of nitrogens with two attached hydrogens (primary N) is 1. The molecule has 17 heavy (non-hydrogen) atoms. The first-order valence-corrected chi connectivity index (χ1v) is 6.00. The van der Waals surface area contributed by atoms with Crippen molar-refractivity contribution >= 4 is 5.65 Å². The van der Waals surface area contributed by atoms with Crippen molar-refractivity contribution in [3.05, 3.63) is 29.7 Å². The van der Waals surface area contributed by atoms with Crippen LogP contribution in [0, 0.1) is 0 Å². The quantitative estimate of drug-likeness (QED) is 0.841. The minimum Gasteiger partial charge on any atom is -0.381 e. The van der Waals surface area contributed by atoms with Gasteiger partial charge in [-0.3, -0.25) is 4.40 Å². The molecule has 1 unspecified atom stereocenters. The third-order valence-electron chi connectivity index (χ3n) is 3.26. The Bertz CT molecular complexity index is 516. The van der Waals surface area contributed by atoms with Gasteiger partial charge in [-0.05, 0) is 30.5 Å². The summed E-state index contributed by atoms with van der Waals surface area (Å²) < 4.78 is 7.54. The van der Waals surface area contributed by atoms with Crippen molar-refractivity contribution in [2.45, 2.75) is 25.3 Å². The molecule has 1 atom stereocenters. The zero-order valence-electron chi connectivity index (χ0n) is 9.67. The molecule has 2 N–H and O–H groups in total. The minimum absolute atomic E-state index is 0.363. The number of hydrogen-bond donors (Lipinski definition) is 1. The van der Waals surface area contributed by atoms with E-state index in [2.05, 4.69) is 10.2 Å². The fourth-order valence-electron chi connectivity index (χ4n) is 2.30. The largest absolute Gasteiger partial charge is 0.381 e. The number of rotatable bonds is 2. The van der Waals surface area contributed by atoms with Gasteiger partial charge in [-0.25, -0.2) is 0 Å². The van der Waals surface area contributed by atoms with Crippen molar-refractivity contribution in [2.24, 2.45) is 5.73 Å². The summed E-state index contributed by atoms with van der Waals surface area (Å²) in [5.74, 6) is 1.37.